The van der Waals surface area contributed by atoms with Crippen molar-refractivity contribution in [3.8, 4) is 0 Å². The highest BCUT2D eigenvalue weighted by molar-refractivity contribution is 5.96. The van der Waals surface area contributed by atoms with Gasteiger partial charge in [0, 0.05) is 19.7 Å². The Balaban J connectivity index is 4.21. The van der Waals surface area contributed by atoms with Crippen molar-refractivity contribution in [1.82, 2.24) is 4.90 Å². The van der Waals surface area contributed by atoms with Gasteiger partial charge < -0.3 is 4.90 Å². The molecule has 0 radical (unpaired) electrons. The molecule has 0 aromatic carbocycles. The number of carbonyl (C=O) groups is 1. The molecule has 0 bridgehead atoms. The average Bonchev–Trinajstić information content (AvgIpc) is 2.01. The molecular weight excluding hydrogens is 164 g/mol. The largest absolute Gasteiger partial charge is 0.384 e. The second-order valence-corrected chi connectivity index (χ2v) is 3.18. The zero-order valence-electron chi connectivity index (χ0n) is 8.50. The van der Waals surface area contributed by atoms with Gasteiger partial charge in [-0.15, -0.1) is 0 Å². The third kappa shape index (κ3) is 4.95. The molecule has 0 aliphatic rings. The molecule has 3 heteroatoms. The zero-order valence-corrected chi connectivity index (χ0v) is 8.50. The highest BCUT2D eigenvalue weighted by atomic mass is 16.1. The minimum atomic E-state index is -0.327. The van der Waals surface area contributed by atoms with Crippen LogP contribution >= 0.6 is 0 Å². The van der Waals surface area contributed by atoms with Crippen molar-refractivity contribution in [3.05, 3.63) is 23.9 Å². The van der Waals surface area contributed by atoms with Gasteiger partial charge in [-0.2, -0.15) is 0 Å². The molecule has 0 unspecified atom stereocenters. The first kappa shape index (κ1) is 11.6. The molecule has 0 spiro atoms. The van der Waals surface area contributed by atoms with Gasteiger partial charge in [0.2, 0.25) is 0 Å². The van der Waals surface area contributed by atoms with Crippen LogP contribution in [0.5, 0.6) is 0 Å². The van der Waals surface area contributed by atoms with E-state index in [0.717, 1.165) is 5.57 Å². The molecule has 72 valence electrons. The number of amides is 1. The monoisotopic (exact) mass is 180 g/mol. The Morgan fingerprint density at radius 2 is 2.08 bits per heavy atom. The molecule has 0 N–H and O–H groups in total. The topological polar surface area (TPSA) is 32.7 Å². The highest BCUT2D eigenvalue weighted by Gasteiger charge is 2.04. The molecule has 13 heavy (non-hydrogen) atoms. The molecule has 0 saturated carbocycles. The van der Waals surface area contributed by atoms with E-state index in [2.05, 4.69) is 18.3 Å². The first-order chi connectivity index (χ1) is 5.97. The second-order valence-electron chi connectivity index (χ2n) is 3.18. The number of hydrogen-bond acceptors (Lipinski definition) is 2. The maximum Gasteiger partial charge on any atom is 0.272 e. The summed E-state index contributed by atoms with van der Waals surface area (Å²) in [5.74, 6) is -0.327. The maximum atomic E-state index is 11.0. The number of nitrogens with zero attached hydrogens (tertiary/aromatic N) is 2. The predicted octanol–water partition coefficient (Wildman–Crippen LogP) is 1.63. The van der Waals surface area contributed by atoms with E-state index in [4.69, 9.17) is 0 Å². The Bertz CT molecular complexity index is 252. The fourth-order valence-corrected chi connectivity index (χ4v) is 1.01. The summed E-state index contributed by atoms with van der Waals surface area (Å²) < 4.78 is 0. The number of hydrogen-bond donors (Lipinski definition) is 0. The Labute approximate surface area is 79.5 Å². The van der Waals surface area contributed by atoms with Crippen molar-refractivity contribution < 1.29 is 4.79 Å². The molecule has 0 aromatic rings. The molecule has 0 aliphatic heterocycles. The van der Waals surface area contributed by atoms with E-state index in [9.17, 15) is 4.79 Å². The molecule has 0 fully saturated rings. The van der Waals surface area contributed by atoms with Crippen molar-refractivity contribution in [3.63, 3.8) is 0 Å². The Morgan fingerprint density at radius 1 is 1.54 bits per heavy atom. The molecule has 3 nitrogen and oxygen atoms in total. The third-order valence-electron chi connectivity index (χ3n) is 1.42. The number of aliphatic imine (C=N–C) groups is 1. The van der Waals surface area contributed by atoms with Gasteiger partial charge in [-0.05, 0) is 26.3 Å². The Kier molecular flexibility index (Phi) is 4.74. The molecule has 0 atom stereocenters. The summed E-state index contributed by atoms with van der Waals surface area (Å²) in [6.07, 6.45) is 2.50. The van der Waals surface area contributed by atoms with Crippen LogP contribution in [0.25, 0.3) is 0 Å². The van der Waals surface area contributed by atoms with E-state index < -0.39 is 0 Å². The van der Waals surface area contributed by atoms with Crippen LogP contribution in [0.1, 0.15) is 13.3 Å². The molecule has 0 aromatic heterocycles. The fourth-order valence-electron chi connectivity index (χ4n) is 1.01. The SMILES string of the molecule is C=NC(=O)C(=C)C/C(C)=C/N(C)C. The quantitative estimate of drug-likeness (QED) is 0.486. The summed E-state index contributed by atoms with van der Waals surface area (Å²) in [6, 6.07) is 0. The van der Waals surface area contributed by atoms with Crippen LogP contribution in [0.3, 0.4) is 0 Å². The van der Waals surface area contributed by atoms with Gasteiger partial charge in [0.15, 0.2) is 0 Å². The van der Waals surface area contributed by atoms with Crippen molar-refractivity contribution in [2.24, 2.45) is 4.99 Å². The normalized spacial score (nSPS) is 10.8. The Morgan fingerprint density at radius 3 is 2.46 bits per heavy atom. The lowest BCUT2D eigenvalue weighted by molar-refractivity contribution is -0.114. The average molecular weight is 180 g/mol. The van der Waals surface area contributed by atoms with Crippen LogP contribution in [0.15, 0.2) is 28.9 Å². The van der Waals surface area contributed by atoms with Crippen molar-refractivity contribution in [1.29, 1.82) is 0 Å². The van der Waals surface area contributed by atoms with E-state index in [1.165, 1.54) is 0 Å². The van der Waals surface area contributed by atoms with Crippen LogP contribution in [0.4, 0.5) is 0 Å². The summed E-state index contributed by atoms with van der Waals surface area (Å²) in [5, 5.41) is 0. The van der Waals surface area contributed by atoms with E-state index in [1.807, 2.05) is 32.1 Å². The lowest BCUT2D eigenvalue weighted by atomic mass is 10.1. The fraction of sp³-hybridized carbons (Fsp3) is 0.400. The van der Waals surface area contributed by atoms with Gasteiger partial charge in [-0.3, -0.25) is 4.79 Å². The number of carbonyl (C=O) groups excluding carboxylic acids is 1. The molecule has 0 aliphatic carbocycles. The van der Waals surface area contributed by atoms with Gasteiger partial charge in [-0.25, -0.2) is 4.99 Å². The number of allylic oxidation sites excluding steroid dienone is 1. The van der Waals surface area contributed by atoms with E-state index in [-0.39, 0.29) is 5.91 Å². The van der Waals surface area contributed by atoms with Crippen LogP contribution in [-0.4, -0.2) is 31.6 Å². The zero-order chi connectivity index (χ0) is 10.4. The summed E-state index contributed by atoms with van der Waals surface area (Å²) in [6.45, 7) is 8.74. The molecule has 0 heterocycles. The lowest BCUT2D eigenvalue weighted by Crippen LogP contribution is -2.04. The summed E-state index contributed by atoms with van der Waals surface area (Å²) >= 11 is 0. The van der Waals surface area contributed by atoms with Gasteiger partial charge in [0.25, 0.3) is 5.91 Å². The van der Waals surface area contributed by atoms with Crippen LogP contribution in [-0.2, 0) is 4.79 Å². The van der Waals surface area contributed by atoms with Crippen LogP contribution < -0.4 is 0 Å². The maximum absolute atomic E-state index is 11.0. The predicted molar refractivity (Wildman–Crippen MR) is 55.8 cm³/mol. The van der Waals surface area contributed by atoms with E-state index in [0.29, 0.717) is 12.0 Å². The standard InChI is InChI=1S/C10H16N2O/c1-8(7-12(4)5)6-9(2)10(13)11-3/h7H,2-3,6H2,1,4-5H3/b8-7+. The van der Waals surface area contributed by atoms with Gasteiger partial charge in [-0.1, -0.05) is 12.2 Å². The van der Waals surface area contributed by atoms with Crippen molar-refractivity contribution in [2.75, 3.05) is 14.1 Å². The van der Waals surface area contributed by atoms with Gasteiger partial charge in [0.05, 0.1) is 0 Å². The van der Waals surface area contributed by atoms with Crippen molar-refractivity contribution in [2.45, 2.75) is 13.3 Å². The van der Waals surface area contributed by atoms with Crippen molar-refractivity contribution >= 4 is 12.6 Å². The first-order valence-electron chi connectivity index (χ1n) is 4.00. The molecule has 0 rings (SSSR count). The van der Waals surface area contributed by atoms with Crippen LogP contribution in [0.2, 0.25) is 0 Å². The smallest absolute Gasteiger partial charge is 0.272 e. The second kappa shape index (κ2) is 5.30. The molecular formula is C10H16N2O. The summed E-state index contributed by atoms with van der Waals surface area (Å²) in [5.41, 5.74) is 1.55. The first-order valence-corrected chi connectivity index (χ1v) is 4.00. The highest BCUT2D eigenvalue weighted by Crippen LogP contribution is 2.09. The van der Waals surface area contributed by atoms with Crippen LogP contribution in [0, 0.1) is 0 Å². The third-order valence-corrected chi connectivity index (χ3v) is 1.42. The lowest BCUT2D eigenvalue weighted by Gasteiger charge is -2.08. The molecule has 1 amide bonds. The summed E-state index contributed by atoms with van der Waals surface area (Å²) in [4.78, 5) is 16.2. The van der Waals surface area contributed by atoms with E-state index in [1.54, 1.807) is 0 Å². The minimum absolute atomic E-state index is 0.327. The summed E-state index contributed by atoms with van der Waals surface area (Å²) in [7, 11) is 3.86. The molecule has 0 saturated heterocycles. The van der Waals surface area contributed by atoms with E-state index >= 15 is 0 Å². The number of rotatable bonds is 4. The van der Waals surface area contributed by atoms with Gasteiger partial charge in [0.1, 0.15) is 0 Å². The van der Waals surface area contributed by atoms with Gasteiger partial charge >= 0.3 is 0 Å². The minimum Gasteiger partial charge on any atom is -0.384 e. The Hall–Kier alpha value is -1.38.